The molecule has 2 nitrogen and oxygen atoms in total. The Labute approximate surface area is 185 Å². The van der Waals surface area contributed by atoms with Gasteiger partial charge in [-0.15, -0.1) is 0 Å². The fraction of sp³-hybridized carbons (Fsp3) is 0.500. The zero-order chi connectivity index (χ0) is 21.6. The van der Waals surface area contributed by atoms with Gasteiger partial charge in [0, 0.05) is 16.9 Å². The highest BCUT2D eigenvalue weighted by Gasteiger charge is 2.32. The van der Waals surface area contributed by atoms with Gasteiger partial charge in [0.1, 0.15) is 5.75 Å². The van der Waals surface area contributed by atoms with Gasteiger partial charge < -0.3 is 9.64 Å². The summed E-state index contributed by atoms with van der Waals surface area (Å²) in [5.41, 5.74) is 0.632. The predicted octanol–water partition coefficient (Wildman–Crippen LogP) is 7.14. The summed E-state index contributed by atoms with van der Waals surface area (Å²) in [5, 5.41) is 0. The molecule has 164 valence electrons. The van der Waals surface area contributed by atoms with Crippen molar-refractivity contribution in [2.75, 3.05) is 26.2 Å². The number of piperidine rings is 1. The van der Waals surface area contributed by atoms with Crippen LogP contribution >= 0.6 is 15.9 Å². The van der Waals surface area contributed by atoms with Crippen molar-refractivity contribution in [1.29, 1.82) is 0 Å². The van der Waals surface area contributed by atoms with Gasteiger partial charge in [-0.3, -0.25) is 0 Å². The summed E-state index contributed by atoms with van der Waals surface area (Å²) in [6, 6.07) is 13.3. The van der Waals surface area contributed by atoms with E-state index in [9.17, 15) is 13.2 Å². The Balaban J connectivity index is 1.69. The van der Waals surface area contributed by atoms with E-state index in [0.29, 0.717) is 18.3 Å². The summed E-state index contributed by atoms with van der Waals surface area (Å²) in [7, 11) is 0. The molecule has 0 unspecified atom stereocenters. The molecule has 1 aliphatic heterocycles. The van der Waals surface area contributed by atoms with E-state index in [-0.39, 0.29) is 5.92 Å². The lowest BCUT2D eigenvalue weighted by Crippen LogP contribution is -2.42. The molecular weight excluding hydrogens is 455 g/mol. The molecule has 0 spiro atoms. The molecule has 2 aromatic rings. The Morgan fingerprint density at radius 2 is 1.80 bits per heavy atom. The minimum atomic E-state index is -4.33. The van der Waals surface area contributed by atoms with E-state index in [1.54, 1.807) is 0 Å². The number of rotatable bonds is 8. The van der Waals surface area contributed by atoms with Crippen LogP contribution in [0.4, 0.5) is 13.2 Å². The number of benzene rings is 2. The molecule has 0 aromatic heterocycles. The lowest BCUT2D eigenvalue weighted by molar-refractivity contribution is -0.137. The number of nitrogens with zero attached hydrogens (tertiary/aromatic N) is 1. The van der Waals surface area contributed by atoms with E-state index in [4.69, 9.17) is 4.74 Å². The van der Waals surface area contributed by atoms with Crippen molar-refractivity contribution in [1.82, 2.24) is 4.90 Å². The van der Waals surface area contributed by atoms with E-state index >= 15 is 0 Å². The lowest BCUT2D eigenvalue weighted by atomic mass is 9.80. The van der Waals surface area contributed by atoms with Crippen molar-refractivity contribution in [2.45, 2.75) is 44.7 Å². The molecule has 2 aromatic carbocycles. The maximum Gasteiger partial charge on any atom is 0.416 e. The molecule has 1 fully saturated rings. The maximum atomic E-state index is 12.8. The first-order chi connectivity index (χ1) is 14.4. The molecule has 3 rings (SSSR count). The van der Waals surface area contributed by atoms with Crippen LogP contribution in [0.5, 0.6) is 5.75 Å². The van der Waals surface area contributed by atoms with Gasteiger partial charge in [0.05, 0.1) is 12.2 Å². The van der Waals surface area contributed by atoms with Crippen LogP contribution in [-0.2, 0) is 6.18 Å². The zero-order valence-electron chi connectivity index (χ0n) is 17.3. The van der Waals surface area contributed by atoms with Crippen LogP contribution in [0.25, 0.3) is 0 Å². The number of halogens is 4. The standard InChI is InChI=1S/C24H29BrF3NO/c1-2-3-6-14-29-15-13-21(22-7-4-5-8-23(22)25)18(16-29)17-30-20-11-9-19(10-12-20)24(26,27)28/h4-5,7-12,18,21H,2-3,6,13-17H2,1H3/t18-,21+/m0/s1. The fourth-order valence-corrected chi connectivity index (χ4v) is 4.77. The molecule has 0 amide bonds. The average Bonchev–Trinajstić information content (AvgIpc) is 2.73. The Kier molecular flexibility index (Phi) is 8.23. The summed E-state index contributed by atoms with van der Waals surface area (Å²) in [4.78, 5) is 2.50. The highest BCUT2D eigenvalue weighted by atomic mass is 79.9. The molecule has 1 aliphatic rings. The summed E-state index contributed by atoms with van der Waals surface area (Å²) >= 11 is 3.69. The third-order valence-corrected chi connectivity index (χ3v) is 6.57. The third-order valence-electron chi connectivity index (χ3n) is 5.85. The minimum absolute atomic E-state index is 0.279. The SMILES string of the molecule is CCCCCN1CC[C@@H](c2ccccc2Br)[C@H](COc2ccc(C(F)(F)F)cc2)C1. The first kappa shape index (κ1) is 23.1. The largest absolute Gasteiger partial charge is 0.493 e. The smallest absolute Gasteiger partial charge is 0.416 e. The van der Waals surface area contributed by atoms with Crippen molar-refractivity contribution in [3.63, 3.8) is 0 Å². The van der Waals surface area contributed by atoms with Gasteiger partial charge >= 0.3 is 6.18 Å². The predicted molar refractivity (Wildman–Crippen MR) is 118 cm³/mol. The van der Waals surface area contributed by atoms with Gasteiger partial charge in [-0.1, -0.05) is 53.9 Å². The first-order valence-electron chi connectivity index (χ1n) is 10.6. The zero-order valence-corrected chi connectivity index (χ0v) is 18.9. The first-order valence-corrected chi connectivity index (χ1v) is 11.4. The summed E-state index contributed by atoms with van der Waals surface area (Å²) in [6.45, 7) is 5.79. The van der Waals surface area contributed by atoms with E-state index in [2.05, 4.69) is 46.0 Å². The van der Waals surface area contributed by atoms with Gasteiger partial charge in [-0.05, 0) is 67.7 Å². The van der Waals surface area contributed by atoms with Crippen molar-refractivity contribution >= 4 is 15.9 Å². The quantitative estimate of drug-likeness (QED) is 0.369. The average molecular weight is 484 g/mol. The second kappa shape index (κ2) is 10.7. The second-order valence-electron chi connectivity index (χ2n) is 8.02. The Bertz CT molecular complexity index is 794. The number of ether oxygens (including phenoxy) is 1. The fourth-order valence-electron chi connectivity index (χ4n) is 4.19. The topological polar surface area (TPSA) is 12.5 Å². The minimum Gasteiger partial charge on any atom is -0.493 e. The number of alkyl halides is 3. The molecule has 0 N–H and O–H groups in total. The van der Waals surface area contributed by atoms with Crippen LogP contribution in [0.15, 0.2) is 53.0 Å². The van der Waals surface area contributed by atoms with Crippen molar-refractivity contribution in [2.24, 2.45) is 5.92 Å². The normalized spacial score (nSPS) is 20.3. The molecule has 1 saturated heterocycles. The van der Waals surface area contributed by atoms with E-state index in [0.717, 1.165) is 42.7 Å². The molecule has 30 heavy (non-hydrogen) atoms. The van der Waals surface area contributed by atoms with Crippen LogP contribution in [0.2, 0.25) is 0 Å². The highest BCUT2D eigenvalue weighted by molar-refractivity contribution is 9.10. The van der Waals surface area contributed by atoms with Crippen LogP contribution < -0.4 is 4.74 Å². The van der Waals surface area contributed by atoms with Crippen LogP contribution in [0.3, 0.4) is 0 Å². The molecule has 6 heteroatoms. The van der Waals surface area contributed by atoms with Gasteiger partial charge in [0.15, 0.2) is 0 Å². The molecule has 2 atom stereocenters. The summed E-state index contributed by atoms with van der Waals surface area (Å²) < 4.78 is 45.5. The molecule has 0 saturated carbocycles. The number of unbranched alkanes of at least 4 members (excludes halogenated alkanes) is 2. The lowest BCUT2D eigenvalue weighted by Gasteiger charge is -2.39. The maximum absolute atomic E-state index is 12.8. The summed E-state index contributed by atoms with van der Waals surface area (Å²) in [6.07, 6.45) is 0.356. The van der Waals surface area contributed by atoms with Crippen LogP contribution in [0.1, 0.15) is 49.7 Å². The monoisotopic (exact) mass is 483 g/mol. The van der Waals surface area contributed by atoms with Crippen LogP contribution in [-0.4, -0.2) is 31.1 Å². The number of likely N-dealkylation sites (tertiary alicyclic amines) is 1. The van der Waals surface area contributed by atoms with Crippen LogP contribution in [0, 0.1) is 5.92 Å². The molecular formula is C24H29BrF3NO. The highest BCUT2D eigenvalue weighted by Crippen LogP contribution is 2.37. The second-order valence-corrected chi connectivity index (χ2v) is 8.87. The molecule has 0 bridgehead atoms. The van der Waals surface area contributed by atoms with E-state index < -0.39 is 11.7 Å². The van der Waals surface area contributed by atoms with Gasteiger partial charge in [-0.25, -0.2) is 0 Å². The third kappa shape index (κ3) is 6.24. The van der Waals surface area contributed by atoms with Gasteiger partial charge in [-0.2, -0.15) is 13.2 Å². The van der Waals surface area contributed by atoms with E-state index in [1.165, 1.54) is 37.0 Å². The van der Waals surface area contributed by atoms with Gasteiger partial charge in [0.25, 0.3) is 0 Å². The molecule has 0 aliphatic carbocycles. The van der Waals surface area contributed by atoms with Crippen molar-refractivity contribution in [3.8, 4) is 5.75 Å². The Morgan fingerprint density at radius 3 is 2.47 bits per heavy atom. The van der Waals surface area contributed by atoms with Gasteiger partial charge in [0.2, 0.25) is 0 Å². The molecule has 1 heterocycles. The Morgan fingerprint density at radius 1 is 1.07 bits per heavy atom. The molecule has 0 radical (unpaired) electrons. The van der Waals surface area contributed by atoms with Crippen molar-refractivity contribution in [3.05, 3.63) is 64.1 Å². The number of hydrogen-bond acceptors (Lipinski definition) is 2. The number of hydrogen-bond donors (Lipinski definition) is 0. The Hall–Kier alpha value is -1.53. The van der Waals surface area contributed by atoms with Crippen molar-refractivity contribution < 1.29 is 17.9 Å². The summed E-state index contributed by atoms with van der Waals surface area (Å²) in [5.74, 6) is 1.12. The van der Waals surface area contributed by atoms with E-state index in [1.807, 2.05) is 6.07 Å².